The van der Waals surface area contributed by atoms with Gasteiger partial charge in [0.2, 0.25) is 11.8 Å². The maximum Gasteiger partial charge on any atom is 0.234 e. The summed E-state index contributed by atoms with van der Waals surface area (Å²) in [5.74, 6) is 2.71. The van der Waals surface area contributed by atoms with Crippen molar-refractivity contribution in [3.05, 3.63) is 47.6 Å². The van der Waals surface area contributed by atoms with Crippen LogP contribution in [0.25, 0.3) is 0 Å². The zero-order chi connectivity index (χ0) is 19.1. The number of nitrogens with zero attached hydrogens (tertiary/aromatic N) is 3. The van der Waals surface area contributed by atoms with Crippen LogP contribution >= 0.6 is 0 Å². The van der Waals surface area contributed by atoms with E-state index in [0.29, 0.717) is 24.1 Å². The third-order valence-electron chi connectivity index (χ3n) is 6.68. The fraction of sp³-hybridized carbons (Fsp3) is 0.591. The molecule has 3 atom stereocenters. The Morgan fingerprint density at radius 1 is 1.32 bits per heavy atom. The van der Waals surface area contributed by atoms with E-state index in [-0.39, 0.29) is 17.4 Å². The molecule has 6 heteroatoms. The van der Waals surface area contributed by atoms with Gasteiger partial charge < -0.3 is 9.84 Å². The Balaban J connectivity index is 1.33. The molecule has 5 rings (SSSR count). The highest BCUT2D eigenvalue weighted by Crippen LogP contribution is 2.50. The van der Waals surface area contributed by atoms with Gasteiger partial charge in [0.15, 0.2) is 5.82 Å². The second kappa shape index (κ2) is 6.99. The number of hydrogen-bond donors (Lipinski definition) is 1. The molecule has 1 amide bonds. The number of amides is 1. The first-order valence-corrected chi connectivity index (χ1v) is 10.5. The molecule has 2 aliphatic carbocycles. The topological polar surface area (TPSA) is 71.3 Å². The Bertz CT molecular complexity index is 847. The van der Waals surface area contributed by atoms with E-state index in [4.69, 9.17) is 4.52 Å². The predicted octanol–water partition coefficient (Wildman–Crippen LogP) is 2.83. The molecule has 2 aromatic rings. The van der Waals surface area contributed by atoms with Crippen molar-refractivity contribution in [3.8, 4) is 0 Å². The molecule has 2 saturated carbocycles. The summed E-state index contributed by atoms with van der Waals surface area (Å²) in [4.78, 5) is 19.5. The predicted molar refractivity (Wildman–Crippen MR) is 104 cm³/mol. The fourth-order valence-electron chi connectivity index (χ4n) is 5.25. The summed E-state index contributed by atoms with van der Waals surface area (Å²) >= 11 is 0. The van der Waals surface area contributed by atoms with Crippen LogP contribution in [0, 0.1) is 18.8 Å². The van der Waals surface area contributed by atoms with Crippen LogP contribution in [0.4, 0.5) is 0 Å². The van der Waals surface area contributed by atoms with Crippen molar-refractivity contribution in [1.82, 2.24) is 20.4 Å². The van der Waals surface area contributed by atoms with Crippen molar-refractivity contribution in [2.75, 3.05) is 13.1 Å². The summed E-state index contributed by atoms with van der Waals surface area (Å²) in [5.41, 5.74) is 1.18. The van der Waals surface area contributed by atoms with Gasteiger partial charge in [0, 0.05) is 32.1 Å². The quantitative estimate of drug-likeness (QED) is 0.834. The van der Waals surface area contributed by atoms with E-state index in [2.05, 4.69) is 50.7 Å². The number of likely N-dealkylation sites (tertiary alicyclic amines) is 1. The van der Waals surface area contributed by atoms with Crippen LogP contribution in [-0.4, -0.2) is 40.1 Å². The minimum atomic E-state index is -0.145. The van der Waals surface area contributed by atoms with Gasteiger partial charge in [-0.25, -0.2) is 0 Å². The molecule has 6 nitrogen and oxygen atoms in total. The largest absolute Gasteiger partial charge is 0.353 e. The smallest absolute Gasteiger partial charge is 0.234 e. The van der Waals surface area contributed by atoms with Gasteiger partial charge in [0.05, 0.1) is 5.41 Å². The van der Waals surface area contributed by atoms with E-state index in [1.807, 2.05) is 6.92 Å². The number of carbonyl (C=O) groups excluding carboxylic acids is 1. The Morgan fingerprint density at radius 2 is 2.14 bits per heavy atom. The lowest BCUT2D eigenvalue weighted by Crippen LogP contribution is -2.38. The summed E-state index contributed by atoms with van der Waals surface area (Å²) in [6.07, 6.45) is 4.98. The third-order valence-corrected chi connectivity index (χ3v) is 6.68. The highest BCUT2D eigenvalue weighted by Gasteiger charge is 2.57. The minimum Gasteiger partial charge on any atom is -0.353 e. The van der Waals surface area contributed by atoms with Gasteiger partial charge in [0.25, 0.3) is 0 Å². The number of nitrogens with one attached hydrogen (secondary N) is 1. The van der Waals surface area contributed by atoms with Crippen LogP contribution in [0.5, 0.6) is 0 Å². The highest BCUT2D eigenvalue weighted by atomic mass is 16.5. The third kappa shape index (κ3) is 3.46. The zero-order valence-corrected chi connectivity index (χ0v) is 16.4. The molecular weight excluding hydrogens is 352 g/mol. The number of fused-ring (bicyclic) bond motifs is 1. The molecule has 28 heavy (non-hydrogen) atoms. The first-order valence-electron chi connectivity index (χ1n) is 10.5. The minimum absolute atomic E-state index is 0.145. The van der Waals surface area contributed by atoms with E-state index >= 15 is 0 Å². The Labute approximate surface area is 165 Å². The van der Waals surface area contributed by atoms with Crippen molar-refractivity contribution in [1.29, 1.82) is 0 Å². The number of aromatic nitrogens is 2. The lowest BCUT2D eigenvalue weighted by Gasteiger charge is -2.25. The van der Waals surface area contributed by atoms with Gasteiger partial charge in [-0.2, -0.15) is 4.98 Å². The van der Waals surface area contributed by atoms with Gasteiger partial charge in [-0.05, 0) is 50.0 Å². The Kier molecular flexibility index (Phi) is 4.46. The molecule has 2 heterocycles. The summed E-state index contributed by atoms with van der Waals surface area (Å²) < 4.78 is 5.68. The van der Waals surface area contributed by atoms with Gasteiger partial charge in [-0.15, -0.1) is 0 Å². The lowest BCUT2D eigenvalue weighted by molar-refractivity contribution is -0.122. The van der Waals surface area contributed by atoms with Gasteiger partial charge in [-0.3, -0.25) is 9.69 Å². The molecule has 1 saturated heterocycles. The molecule has 1 aliphatic heterocycles. The maximum atomic E-state index is 12.3. The SMILES string of the molecule is Cc1noc([C@]23C[C@H](NC(=O)CC4CC4)C[C@H]2CN(Cc2ccccc2)C3)n1. The molecule has 0 unspecified atom stereocenters. The van der Waals surface area contributed by atoms with Crippen molar-refractivity contribution in [3.63, 3.8) is 0 Å². The lowest BCUT2D eigenvalue weighted by atomic mass is 9.80. The van der Waals surface area contributed by atoms with Crippen LogP contribution < -0.4 is 5.32 Å². The molecule has 0 spiro atoms. The van der Waals surface area contributed by atoms with Crippen molar-refractivity contribution in [2.45, 2.75) is 57.0 Å². The van der Waals surface area contributed by atoms with Gasteiger partial charge >= 0.3 is 0 Å². The van der Waals surface area contributed by atoms with Crippen LogP contribution in [-0.2, 0) is 16.8 Å². The van der Waals surface area contributed by atoms with E-state index in [1.165, 1.54) is 18.4 Å². The second-order valence-corrected chi connectivity index (χ2v) is 9.01. The molecule has 1 N–H and O–H groups in total. The Morgan fingerprint density at radius 3 is 2.86 bits per heavy atom. The first-order chi connectivity index (χ1) is 13.6. The monoisotopic (exact) mass is 380 g/mol. The van der Waals surface area contributed by atoms with Crippen LogP contribution in [0.3, 0.4) is 0 Å². The van der Waals surface area contributed by atoms with Crippen LogP contribution in [0.15, 0.2) is 34.9 Å². The second-order valence-electron chi connectivity index (χ2n) is 9.01. The van der Waals surface area contributed by atoms with Crippen LogP contribution in [0.1, 0.15) is 49.4 Å². The van der Waals surface area contributed by atoms with E-state index < -0.39 is 0 Å². The molecule has 0 bridgehead atoms. The number of aryl methyl sites for hydroxylation is 1. The van der Waals surface area contributed by atoms with E-state index in [0.717, 1.165) is 38.4 Å². The van der Waals surface area contributed by atoms with Crippen molar-refractivity contribution in [2.24, 2.45) is 11.8 Å². The average molecular weight is 380 g/mol. The number of rotatable bonds is 6. The summed E-state index contributed by atoms with van der Waals surface area (Å²) in [7, 11) is 0. The molecule has 3 aliphatic rings. The number of carbonyl (C=O) groups is 1. The van der Waals surface area contributed by atoms with Gasteiger partial charge in [-0.1, -0.05) is 35.5 Å². The Hall–Kier alpha value is -2.21. The first kappa shape index (κ1) is 17.9. The van der Waals surface area contributed by atoms with Crippen molar-refractivity contribution < 1.29 is 9.32 Å². The number of hydrogen-bond acceptors (Lipinski definition) is 5. The molecule has 1 aromatic carbocycles. The van der Waals surface area contributed by atoms with Crippen molar-refractivity contribution >= 4 is 5.91 Å². The normalized spacial score (nSPS) is 29.8. The average Bonchev–Trinajstić information content (AvgIpc) is 3.10. The standard InChI is InChI=1S/C22H28N4O2/c1-15-23-21(28-25-15)22-11-19(24-20(27)9-16-7-8-16)10-18(22)13-26(14-22)12-17-5-3-2-4-6-17/h2-6,16,18-19H,7-14H2,1H3,(H,24,27)/t18-,19+,22-/m0/s1. The molecular formula is C22H28N4O2. The fourth-order valence-corrected chi connectivity index (χ4v) is 5.25. The molecule has 3 fully saturated rings. The maximum absolute atomic E-state index is 12.3. The van der Waals surface area contributed by atoms with Crippen LogP contribution in [0.2, 0.25) is 0 Å². The number of benzene rings is 1. The summed E-state index contributed by atoms with van der Waals surface area (Å²) in [6.45, 7) is 4.72. The summed E-state index contributed by atoms with van der Waals surface area (Å²) in [6, 6.07) is 10.8. The molecule has 1 aromatic heterocycles. The van der Waals surface area contributed by atoms with E-state index in [1.54, 1.807) is 0 Å². The molecule has 148 valence electrons. The summed E-state index contributed by atoms with van der Waals surface area (Å²) in [5, 5.41) is 7.36. The zero-order valence-electron chi connectivity index (χ0n) is 16.4. The highest BCUT2D eigenvalue weighted by molar-refractivity contribution is 5.76. The van der Waals surface area contributed by atoms with Gasteiger partial charge in [0.1, 0.15) is 0 Å². The van der Waals surface area contributed by atoms with E-state index in [9.17, 15) is 4.79 Å². The molecule has 0 radical (unpaired) electrons.